The highest BCUT2D eigenvalue weighted by Gasteiger charge is 2.40. The normalized spacial score (nSPS) is 16.9. The fourth-order valence-corrected chi connectivity index (χ4v) is 5.10. The van der Waals surface area contributed by atoms with E-state index in [0.717, 1.165) is 19.3 Å². The molecule has 170 valence electrons. The second-order valence-corrected chi connectivity index (χ2v) is 10.2. The Morgan fingerprint density at radius 1 is 1.29 bits per heavy atom. The number of rotatable bonds is 9. The molecule has 3 N–H and O–H groups in total. The molecule has 2 aromatic rings. The maximum Gasteiger partial charge on any atom is 0.251 e. The van der Waals surface area contributed by atoms with Crippen molar-refractivity contribution in [2.45, 2.75) is 63.4 Å². The molecule has 0 radical (unpaired) electrons. The van der Waals surface area contributed by atoms with Crippen molar-refractivity contribution >= 4 is 15.9 Å². The van der Waals surface area contributed by atoms with Gasteiger partial charge in [0.1, 0.15) is 6.04 Å². The number of nitrogens with zero attached hydrogens (tertiary/aromatic N) is 3. The Morgan fingerprint density at radius 2 is 1.97 bits per heavy atom. The Hall–Kier alpha value is -2.30. The molecule has 0 saturated heterocycles. The van der Waals surface area contributed by atoms with Crippen LogP contribution in [0.3, 0.4) is 0 Å². The minimum atomic E-state index is -3.67. The fraction of sp³-hybridized carbons (Fsp3) is 0.571. The Bertz CT molecular complexity index is 1030. The van der Waals surface area contributed by atoms with Crippen LogP contribution in [0.4, 0.5) is 0 Å². The average molecular weight is 450 g/mol. The van der Waals surface area contributed by atoms with Gasteiger partial charge in [-0.15, -0.1) is 0 Å². The highest BCUT2D eigenvalue weighted by molar-refractivity contribution is 7.89. The first kappa shape index (κ1) is 23.4. The van der Waals surface area contributed by atoms with Crippen LogP contribution in [0.5, 0.6) is 0 Å². The van der Waals surface area contributed by atoms with Gasteiger partial charge in [-0.2, -0.15) is 9.29 Å². The molecule has 1 aliphatic carbocycles. The summed E-state index contributed by atoms with van der Waals surface area (Å²) in [5.74, 6) is 0.305. The zero-order valence-electron chi connectivity index (χ0n) is 18.5. The van der Waals surface area contributed by atoms with Gasteiger partial charge in [-0.3, -0.25) is 4.79 Å². The fourth-order valence-electron chi connectivity index (χ4n) is 3.59. The van der Waals surface area contributed by atoms with Crippen LogP contribution in [0.1, 0.15) is 75.1 Å². The minimum Gasteiger partial charge on any atom is -0.340 e. The molecule has 1 amide bonds. The van der Waals surface area contributed by atoms with Gasteiger partial charge in [0.15, 0.2) is 5.82 Å². The molecular weight excluding hydrogens is 418 g/mol. The number of aromatic nitrogens is 2. The lowest BCUT2D eigenvalue weighted by molar-refractivity contribution is 0.0913. The van der Waals surface area contributed by atoms with Crippen molar-refractivity contribution in [1.82, 2.24) is 19.8 Å². The van der Waals surface area contributed by atoms with Crippen molar-refractivity contribution in [3.63, 3.8) is 0 Å². The van der Waals surface area contributed by atoms with Crippen molar-refractivity contribution in [1.29, 1.82) is 0 Å². The van der Waals surface area contributed by atoms with E-state index in [2.05, 4.69) is 15.5 Å². The second-order valence-electron chi connectivity index (χ2n) is 8.28. The molecule has 9 nitrogen and oxygen atoms in total. The van der Waals surface area contributed by atoms with E-state index < -0.39 is 27.5 Å². The van der Waals surface area contributed by atoms with E-state index in [0.29, 0.717) is 24.8 Å². The highest BCUT2D eigenvalue weighted by Crippen LogP contribution is 2.37. The number of nitrogens with two attached hydrogens (primary N) is 1. The van der Waals surface area contributed by atoms with E-state index in [1.165, 1.54) is 16.4 Å². The number of hydrogen-bond acceptors (Lipinski definition) is 7. The molecule has 1 saturated carbocycles. The molecule has 1 aromatic carbocycles. The number of sulfonamides is 1. The van der Waals surface area contributed by atoms with E-state index in [-0.39, 0.29) is 16.4 Å². The molecule has 0 spiro atoms. The van der Waals surface area contributed by atoms with Crippen LogP contribution in [-0.4, -0.2) is 41.9 Å². The van der Waals surface area contributed by atoms with E-state index in [1.54, 1.807) is 26.0 Å². The van der Waals surface area contributed by atoms with Crippen molar-refractivity contribution in [3.8, 4) is 0 Å². The zero-order chi connectivity index (χ0) is 22.8. The number of amides is 1. The number of hydrogen-bond donors (Lipinski definition) is 2. The predicted octanol–water partition coefficient (Wildman–Crippen LogP) is 2.57. The molecule has 1 unspecified atom stereocenters. The molecule has 31 heavy (non-hydrogen) atoms. The van der Waals surface area contributed by atoms with Gasteiger partial charge in [0.25, 0.3) is 5.91 Å². The number of nitrogens with one attached hydrogen (secondary N) is 1. The molecule has 1 aromatic heterocycles. The van der Waals surface area contributed by atoms with Crippen LogP contribution >= 0.6 is 0 Å². The maximum atomic E-state index is 13.0. The summed E-state index contributed by atoms with van der Waals surface area (Å²) in [7, 11) is -3.67. The van der Waals surface area contributed by atoms with Crippen molar-refractivity contribution in [3.05, 3.63) is 41.5 Å². The Kier molecular flexibility index (Phi) is 6.82. The summed E-state index contributed by atoms with van der Waals surface area (Å²) in [6.45, 7) is 8.12. The summed E-state index contributed by atoms with van der Waals surface area (Å²) >= 11 is 0. The highest BCUT2D eigenvalue weighted by atomic mass is 32.2. The average Bonchev–Trinajstić information content (AvgIpc) is 3.20. The summed E-state index contributed by atoms with van der Waals surface area (Å²) in [5, 5.41) is 6.93. The van der Waals surface area contributed by atoms with Gasteiger partial charge in [-0.25, -0.2) is 8.42 Å². The summed E-state index contributed by atoms with van der Waals surface area (Å²) in [4.78, 5) is 17.5. The Morgan fingerprint density at radius 3 is 2.52 bits per heavy atom. The van der Waals surface area contributed by atoms with Crippen LogP contribution < -0.4 is 11.1 Å². The Balaban J connectivity index is 1.82. The third-order valence-electron chi connectivity index (χ3n) is 5.79. The Labute approximate surface area is 183 Å². The first-order chi connectivity index (χ1) is 14.6. The van der Waals surface area contributed by atoms with Crippen LogP contribution in [0, 0.1) is 5.92 Å². The molecule has 0 bridgehead atoms. The maximum absolute atomic E-state index is 13.0. The second kappa shape index (κ2) is 9.05. The van der Waals surface area contributed by atoms with Crippen molar-refractivity contribution in [2.24, 2.45) is 11.7 Å². The number of carbonyl (C=O) groups excluding carboxylic acids is 1. The third-order valence-corrected chi connectivity index (χ3v) is 7.84. The van der Waals surface area contributed by atoms with Crippen LogP contribution in [0.25, 0.3) is 0 Å². The molecular formula is C21H31N5O4S. The quantitative estimate of drug-likeness (QED) is 0.601. The van der Waals surface area contributed by atoms with Gasteiger partial charge in [-0.05, 0) is 43.4 Å². The molecule has 1 heterocycles. The number of benzene rings is 1. The van der Waals surface area contributed by atoms with Crippen molar-refractivity contribution in [2.75, 3.05) is 13.1 Å². The molecule has 1 fully saturated rings. The standard InChI is InChI=1S/C21H31N5O4S/c1-5-26(6-2)31(28,29)16-10-7-9-15(13-16)18(27)23-17(14(3)4)19-24-20(25-30-19)21(22)11-8-12-21/h7,9-10,13-14,17H,5-6,8,11-12,22H2,1-4H3,(H,23,27). The van der Waals surface area contributed by atoms with E-state index in [1.807, 2.05) is 13.8 Å². The van der Waals surface area contributed by atoms with Crippen LogP contribution in [0.15, 0.2) is 33.7 Å². The van der Waals surface area contributed by atoms with Crippen LogP contribution in [-0.2, 0) is 15.6 Å². The first-order valence-corrected chi connectivity index (χ1v) is 12.1. The molecule has 0 aliphatic heterocycles. The van der Waals surface area contributed by atoms with E-state index in [9.17, 15) is 13.2 Å². The van der Waals surface area contributed by atoms with E-state index >= 15 is 0 Å². The lowest BCUT2D eigenvalue weighted by Gasteiger charge is -2.34. The minimum absolute atomic E-state index is 0.0324. The first-order valence-electron chi connectivity index (χ1n) is 10.7. The van der Waals surface area contributed by atoms with Crippen LogP contribution in [0.2, 0.25) is 0 Å². The molecule has 1 aliphatic rings. The number of carbonyl (C=O) groups is 1. The summed E-state index contributed by atoms with van der Waals surface area (Å²) in [6, 6.07) is 5.50. The predicted molar refractivity (Wildman–Crippen MR) is 116 cm³/mol. The summed E-state index contributed by atoms with van der Waals surface area (Å²) in [6.07, 6.45) is 2.63. The van der Waals surface area contributed by atoms with Gasteiger partial charge in [0.05, 0.1) is 10.4 Å². The lowest BCUT2D eigenvalue weighted by atomic mass is 9.77. The van der Waals surface area contributed by atoms with Gasteiger partial charge in [0.2, 0.25) is 15.9 Å². The zero-order valence-corrected chi connectivity index (χ0v) is 19.3. The van der Waals surface area contributed by atoms with Gasteiger partial charge in [-0.1, -0.05) is 38.9 Å². The monoisotopic (exact) mass is 449 g/mol. The van der Waals surface area contributed by atoms with Gasteiger partial charge in [0, 0.05) is 18.7 Å². The van der Waals surface area contributed by atoms with E-state index in [4.69, 9.17) is 10.3 Å². The smallest absolute Gasteiger partial charge is 0.251 e. The van der Waals surface area contributed by atoms with Gasteiger partial charge < -0.3 is 15.6 Å². The molecule has 1 atom stereocenters. The topological polar surface area (TPSA) is 131 Å². The third kappa shape index (κ3) is 4.65. The molecule has 10 heteroatoms. The van der Waals surface area contributed by atoms with Gasteiger partial charge >= 0.3 is 0 Å². The summed E-state index contributed by atoms with van der Waals surface area (Å²) < 4.78 is 32.4. The SMILES string of the molecule is CCN(CC)S(=O)(=O)c1cccc(C(=O)NC(c2nc(C3(N)CCC3)no2)C(C)C)c1. The summed E-state index contributed by atoms with van der Waals surface area (Å²) in [5.41, 5.74) is 5.97. The van der Waals surface area contributed by atoms with Crippen molar-refractivity contribution < 1.29 is 17.7 Å². The molecule has 3 rings (SSSR count). The lowest BCUT2D eigenvalue weighted by Crippen LogP contribution is -2.44. The largest absolute Gasteiger partial charge is 0.340 e.